The zero-order valence-electron chi connectivity index (χ0n) is 14.2. The molecule has 1 amide bonds. The number of carbonyl (C=O) groups is 1. The monoisotopic (exact) mass is 429 g/mol. The maximum absolute atomic E-state index is 12.6. The van der Waals surface area contributed by atoms with Crippen molar-refractivity contribution in [1.82, 2.24) is 14.8 Å². The highest BCUT2D eigenvalue weighted by atomic mass is 35.5. The quantitative estimate of drug-likeness (QED) is 0.629. The van der Waals surface area contributed by atoms with Gasteiger partial charge in [0.15, 0.2) is 0 Å². The van der Waals surface area contributed by atoms with Gasteiger partial charge in [-0.2, -0.15) is 18.3 Å². The number of nitrogens with one attached hydrogen (secondary N) is 1. The van der Waals surface area contributed by atoms with Crippen LogP contribution in [0.5, 0.6) is 0 Å². The molecule has 0 unspecified atom stereocenters. The van der Waals surface area contributed by atoms with Crippen LogP contribution in [-0.2, 0) is 6.18 Å². The van der Waals surface area contributed by atoms with Gasteiger partial charge >= 0.3 is 6.18 Å². The third kappa shape index (κ3) is 3.76. The van der Waals surface area contributed by atoms with Crippen LogP contribution < -0.4 is 11.1 Å². The first kappa shape index (κ1) is 20.0. The van der Waals surface area contributed by atoms with Crippen molar-refractivity contribution in [2.45, 2.75) is 13.1 Å². The normalized spacial score (nSPS) is 11.5. The van der Waals surface area contributed by atoms with E-state index in [0.717, 1.165) is 12.1 Å². The fourth-order valence-corrected chi connectivity index (χ4v) is 3.06. The number of pyridine rings is 1. The summed E-state index contributed by atoms with van der Waals surface area (Å²) in [5.41, 5.74) is 5.74. The van der Waals surface area contributed by atoms with E-state index in [2.05, 4.69) is 15.4 Å². The van der Waals surface area contributed by atoms with Crippen LogP contribution in [0.2, 0.25) is 10.0 Å². The second-order valence-corrected chi connectivity index (χ2v) is 6.53. The summed E-state index contributed by atoms with van der Waals surface area (Å²) in [5, 5.41) is 7.15. The van der Waals surface area contributed by atoms with Gasteiger partial charge in [0.25, 0.3) is 5.91 Å². The largest absolute Gasteiger partial charge is 0.417 e. The number of hydrogen-bond acceptors (Lipinski definition) is 4. The number of nitrogens with two attached hydrogens (primary N) is 1. The Kier molecular flexibility index (Phi) is 5.22. The lowest BCUT2D eigenvalue weighted by Gasteiger charge is -2.10. The predicted octanol–water partition coefficient (Wildman–Crippen LogP) is 4.74. The fraction of sp³-hybridized carbons (Fsp3) is 0.118. The molecule has 0 aliphatic heterocycles. The lowest BCUT2D eigenvalue weighted by atomic mass is 10.2. The molecule has 3 rings (SSSR count). The fourth-order valence-electron chi connectivity index (χ4n) is 2.50. The molecule has 2 heterocycles. The SMILES string of the molecule is Cc1nn(-c2c(Cl)cccc2Cl)c(N)c1C(=O)Nc1ccc(C(F)(F)F)cn1. The molecule has 0 aliphatic carbocycles. The first-order valence-corrected chi connectivity index (χ1v) is 8.49. The lowest BCUT2D eigenvalue weighted by molar-refractivity contribution is -0.137. The Balaban J connectivity index is 1.92. The van der Waals surface area contributed by atoms with Gasteiger partial charge in [0.1, 0.15) is 22.9 Å². The number of anilines is 2. The molecule has 28 heavy (non-hydrogen) atoms. The molecule has 3 aromatic rings. The minimum atomic E-state index is -4.52. The number of halogens is 5. The second-order valence-electron chi connectivity index (χ2n) is 5.71. The molecule has 0 saturated carbocycles. The Labute approximate surface area is 167 Å². The molecular formula is C17H12Cl2F3N5O. The number of amides is 1. The number of nitrogen functional groups attached to an aromatic ring is 1. The molecule has 3 N–H and O–H groups in total. The number of alkyl halides is 3. The van der Waals surface area contributed by atoms with Crippen molar-refractivity contribution in [2.24, 2.45) is 0 Å². The number of para-hydroxylation sites is 1. The highest BCUT2D eigenvalue weighted by Gasteiger charge is 2.31. The molecule has 2 aromatic heterocycles. The molecule has 0 fully saturated rings. The smallest absolute Gasteiger partial charge is 0.383 e. The number of hydrogen-bond donors (Lipinski definition) is 2. The van der Waals surface area contributed by atoms with Crippen LogP contribution in [0.25, 0.3) is 5.69 Å². The van der Waals surface area contributed by atoms with E-state index < -0.39 is 17.6 Å². The third-order valence-corrected chi connectivity index (χ3v) is 4.41. The van der Waals surface area contributed by atoms with Gasteiger partial charge < -0.3 is 11.1 Å². The molecule has 0 saturated heterocycles. The molecule has 11 heteroatoms. The number of carbonyl (C=O) groups excluding carboxylic acids is 1. The second kappa shape index (κ2) is 7.33. The van der Waals surface area contributed by atoms with Crippen molar-refractivity contribution in [1.29, 1.82) is 0 Å². The third-order valence-electron chi connectivity index (χ3n) is 3.80. The maximum Gasteiger partial charge on any atom is 0.417 e. The maximum atomic E-state index is 12.6. The van der Waals surface area contributed by atoms with Crippen molar-refractivity contribution >= 4 is 40.7 Å². The van der Waals surface area contributed by atoms with Gasteiger partial charge in [-0.15, -0.1) is 0 Å². The molecule has 0 aliphatic rings. The summed E-state index contributed by atoms with van der Waals surface area (Å²) in [7, 11) is 0. The Hall–Kier alpha value is -2.78. The number of aryl methyl sites for hydroxylation is 1. The Bertz CT molecular complexity index is 1030. The van der Waals surface area contributed by atoms with Crippen LogP contribution in [0.1, 0.15) is 21.6 Å². The van der Waals surface area contributed by atoms with E-state index in [1.54, 1.807) is 25.1 Å². The van der Waals surface area contributed by atoms with Crippen LogP contribution in [0.4, 0.5) is 24.8 Å². The molecule has 0 spiro atoms. The van der Waals surface area contributed by atoms with Gasteiger partial charge in [0.05, 0.1) is 21.3 Å². The van der Waals surface area contributed by atoms with E-state index in [-0.39, 0.29) is 32.9 Å². The predicted molar refractivity (Wildman–Crippen MR) is 99.9 cm³/mol. The Morgan fingerprint density at radius 3 is 2.36 bits per heavy atom. The van der Waals surface area contributed by atoms with Gasteiger partial charge in [-0.1, -0.05) is 29.3 Å². The Morgan fingerprint density at radius 2 is 1.82 bits per heavy atom. The van der Waals surface area contributed by atoms with Crippen LogP contribution in [0, 0.1) is 6.92 Å². The highest BCUT2D eigenvalue weighted by molar-refractivity contribution is 6.37. The number of nitrogens with zero attached hydrogens (tertiary/aromatic N) is 3. The van der Waals surface area contributed by atoms with Crippen molar-refractivity contribution in [3.63, 3.8) is 0 Å². The number of benzene rings is 1. The highest BCUT2D eigenvalue weighted by Crippen LogP contribution is 2.32. The topological polar surface area (TPSA) is 85.8 Å². The molecule has 0 bridgehead atoms. The molecule has 6 nitrogen and oxygen atoms in total. The van der Waals surface area contributed by atoms with Gasteiger partial charge in [-0.3, -0.25) is 4.79 Å². The summed E-state index contributed by atoms with van der Waals surface area (Å²) in [6, 6.07) is 6.67. The lowest BCUT2D eigenvalue weighted by Crippen LogP contribution is -2.16. The van der Waals surface area contributed by atoms with Gasteiger partial charge in [-0.25, -0.2) is 9.67 Å². The average Bonchev–Trinajstić information content (AvgIpc) is 2.89. The summed E-state index contributed by atoms with van der Waals surface area (Å²) in [5.74, 6) is -0.783. The van der Waals surface area contributed by atoms with Crippen molar-refractivity contribution in [3.8, 4) is 5.69 Å². The van der Waals surface area contributed by atoms with Crippen molar-refractivity contribution in [2.75, 3.05) is 11.1 Å². The van der Waals surface area contributed by atoms with E-state index in [0.29, 0.717) is 11.9 Å². The first-order valence-electron chi connectivity index (χ1n) is 7.73. The van der Waals surface area contributed by atoms with Crippen molar-refractivity contribution in [3.05, 3.63) is 63.4 Å². The van der Waals surface area contributed by atoms with E-state index in [4.69, 9.17) is 28.9 Å². The summed E-state index contributed by atoms with van der Waals surface area (Å²) < 4.78 is 39.0. The summed E-state index contributed by atoms with van der Waals surface area (Å²) in [6.07, 6.45) is -3.90. The minimum Gasteiger partial charge on any atom is -0.383 e. The minimum absolute atomic E-state index is 0.0256. The molecule has 1 aromatic carbocycles. The van der Waals surface area contributed by atoms with Gasteiger partial charge in [0, 0.05) is 6.20 Å². The van der Waals surface area contributed by atoms with Gasteiger partial charge in [0.2, 0.25) is 0 Å². The zero-order valence-corrected chi connectivity index (χ0v) is 15.7. The number of aromatic nitrogens is 3. The van der Waals surface area contributed by atoms with E-state index in [1.807, 2.05) is 0 Å². The first-order chi connectivity index (χ1) is 13.1. The summed E-state index contributed by atoms with van der Waals surface area (Å²) in [6.45, 7) is 1.55. The summed E-state index contributed by atoms with van der Waals surface area (Å²) >= 11 is 12.3. The molecule has 0 atom stereocenters. The average molecular weight is 430 g/mol. The van der Waals surface area contributed by atoms with E-state index in [9.17, 15) is 18.0 Å². The van der Waals surface area contributed by atoms with Gasteiger partial charge in [-0.05, 0) is 31.2 Å². The summed E-state index contributed by atoms with van der Waals surface area (Å²) in [4.78, 5) is 16.2. The van der Waals surface area contributed by atoms with Crippen LogP contribution in [0.3, 0.4) is 0 Å². The zero-order chi connectivity index (χ0) is 20.6. The Morgan fingerprint density at radius 1 is 1.18 bits per heavy atom. The van der Waals surface area contributed by atoms with Crippen LogP contribution in [-0.4, -0.2) is 20.7 Å². The standard InChI is InChI=1S/C17H12Cl2F3N5O/c1-8-13(15(23)27(26-8)14-10(18)3-2-4-11(14)19)16(28)25-12-6-5-9(7-24-12)17(20,21)22/h2-7H,23H2,1H3,(H,24,25,28). The number of rotatable bonds is 3. The van der Waals surface area contributed by atoms with Crippen LogP contribution >= 0.6 is 23.2 Å². The van der Waals surface area contributed by atoms with E-state index >= 15 is 0 Å². The molecule has 0 radical (unpaired) electrons. The van der Waals surface area contributed by atoms with Crippen molar-refractivity contribution < 1.29 is 18.0 Å². The van der Waals surface area contributed by atoms with Crippen LogP contribution in [0.15, 0.2) is 36.5 Å². The molecular weight excluding hydrogens is 418 g/mol. The van der Waals surface area contributed by atoms with E-state index in [1.165, 1.54) is 4.68 Å². The molecule has 146 valence electrons.